The highest BCUT2D eigenvalue weighted by atomic mass is 32.1. The molecule has 1 fully saturated rings. The minimum atomic E-state index is -4.78. The minimum absolute atomic E-state index is 0.124. The number of rotatable bonds is 4. The molecule has 1 N–H and O–H groups in total. The molecule has 5 nitrogen and oxygen atoms in total. The maximum atomic E-state index is 12.7. The van der Waals surface area contributed by atoms with Gasteiger partial charge in [0.2, 0.25) is 0 Å². The van der Waals surface area contributed by atoms with Crippen LogP contribution in [0.3, 0.4) is 0 Å². The first-order chi connectivity index (χ1) is 13.8. The molecule has 0 atom stereocenters. The quantitative estimate of drug-likeness (QED) is 0.444. The predicted molar refractivity (Wildman–Crippen MR) is 110 cm³/mol. The second kappa shape index (κ2) is 7.58. The number of alkyl halides is 3. The van der Waals surface area contributed by atoms with Gasteiger partial charge in [-0.2, -0.15) is 11.3 Å². The topological polar surface area (TPSA) is 54.5 Å². The minimum Gasteiger partial charge on any atom is -0.406 e. The summed E-state index contributed by atoms with van der Waals surface area (Å²) < 4.78 is 40.7. The number of hydrogen-bond acceptors (Lipinski definition) is 6. The van der Waals surface area contributed by atoms with Crippen molar-refractivity contribution in [3.63, 3.8) is 0 Å². The van der Waals surface area contributed by atoms with Crippen LogP contribution in [0.2, 0.25) is 0 Å². The number of benzene rings is 1. The van der Waals surface area contributed by atoms with Crippen molar-refractivity contribution in [3.8, 4) is 16.3 Å². The third kappa shape index (κ3) is 4.31. The van der Waals surface area contributed by atoms with Crippen LogP contribution in [0.5, 0.6) is 5.75 Å². The van der Waals surface area contributed by atoms with Gasteiger partial charge in [-0.3, -0.25) is 9.69 Å². The van der Waals surface area contributed by atoms with Crippen LogP contribution < -0.4 is 15.0 Å². The maximum absolute atomic E-state index is 12.7. The van der Waals surface area contributed by atoms with E-state index in [9.17, 15) is 18.0 Å². The third-order valence-corrected chi connectivity index (χ3v) is 5.67. The van der Waals surface area contributed by atoms with Gasteiger partial charge in [-0.1, -0.05) is 0 Å². The first kappa shape index (κ1) is 19.6. The van der Waals surface area contributed by atoms with Crippen molar-refractivity contribution >= 4 is 57.7 Å². The molecule has 4 rings (SSSR count). The monoisotopic (exact) mass is 453 g/mol. The first-order valence-electron chi connectivity index (χ1n) is 8.01. The normalized spacial score (nSPS) is 15.8. The van der Waals surface area contributed by atoms with Gasteiger partial charge in [-0.25, -0.2) is 4.98 Å². The van der Waals surface area contributed by atoms with Crippen LogP contribution >= 0.6 is 34.9 Å². The smallest absolute Gasteiger partial charge is 0.406 e. The van der Waals surface area contributed by atoms with Gasteiger partial charge in [0.25, 0.3) is 5.91 Å². The van der Waals surface area contributed by atoms with E-state index in [0.717, 1.165) is 22.7 Å². The van der Waals surface area contributed by atoms with Crippen molar-refractivity contribution in [2.45, 2.75) is 6.36 Å². The Morgan fingerprint density at radius 1 is 1.17 bits per heavy atom. The number of nitrogens with zero attached hydrogens (tertiary/aromatic N) is 2. The molecule has 0 aliphatic carbocycles. The molecule has 2 aromatic heterocycles. The fraction of sp³-hybridized carbons (Fsp3) is 0.0556. The summed E-state index contributed by atoms with van der Waals surface area (Å²) in [5.41, 5.74) is 2.16. The molecular formula is C18H10F3N3O2S3. The van der Waals surface area contributed by atoms with Crippen molar-refractivity contribution in [1.82, 2.24) is 10.3 Å². The summed E-state index contributed by atoms with van der Waals surface area (Å²) in [5.74, 6) is -0.810. The number of carbonyl (C=O) groups excluding carboxylic acids is 1. The number of carbonyl (C=O) groups is 1. The Hall–Kier alpha value is -2.76. The lowest BCUT2D eigenvalue weighted by atomic mass is 10.2. The van der Waals surface area contributed by atoms with Crippen molar-refractivity contribution in [3.05, 3.63) is 57.9 Å². The van der Waals surface area contributed by atoms with E-state index >= 15 is 0 Å². The molecule has 1 aliphatic heterocycles. The van der Waals surface area contributed by atoms with Crippen molar-refractivity contribution in [1.29, 1.82) is 0 Å². The number of nitrogens with one attached hydrogen (secondary N) is 1. The van der Waals surface area contributed by atoms with E-state index in [4.69, 9.17) is 12.2 Å². The molecule has 0 saturated carbocycles. The Kier molecular flexibility index (Phi) is 5.11. The van der Waals surface area contributed by atoms with Crippen LogP contribution in [-0.4, -0.2) is 22.4 Å². The van der Waals surface area contributed by atoms with Gasteiger partial charge in [-0.05, 0) is 54.0 Å². The number of halogens is 3. The number of anilines is 1. The number of thiophene rings is 1. The number of hydrogen-bond donors (Lipinski definition) is 1. The van der Waals surface area contributed by atoms with E-state index in [1.54, 1.807) is 17.4 Å². The van der Waals surface area contributed by atoms with Gasteiger partial charge in [0.15, 0.2) is 5.11 Å². The van der Waals surface area contributed by atoms with E-state index in [0.29, 0.717) is 11.4 Å². The van der Waals surface area contributed by atoms with Crippen LogP contribution in [0.25, 0.3) is 16.6 Å². The van der Waals surface area contributed by atoms with Crippen molar-refractivity contribution < 1.29 is 22.7 Å². The second-order valence-electron chi connectivity index (χ2n) is 5.76. The third-order valence-electron chi connectivity index (χ3n) is 3.79. The fourth-order valence-corrected chi connectivity index (χ4v) is 4.37. The molecule has 3 aromatic rings. The molecule has 0 radical (unpaired) electrons. The van der Waals surface area contributed by atoms with Crippen LogP contribution in [0.4, 0.5) is 18.9 Å². The highest BCUT2D eigenvalue weighted by Crippen LogP contribution is 2.29. The van der Waals surface area contributed by atoms with Crippen LogP contribution in [-0.2, 0) is 4.79 Å². The standard InChI is InChI=1S/C18H10F3N3O2S3/c19-18(20,21)26-13-3-1-12(2-4-13)24-16(25)14(23-17(24)27)7-11-9-29-15(22-11)10-5-6-28-8-10/h1-9H,(H,23,27)/b14-7+. The maximum Gasteiger partial charge on any atom is 0.573 e. The largest absolute Gasteiger partial charge is 0.573 e. The summed E-state index contributed by atoms with van der Waals surface area (Å²) in [4.78, 5) is 18.4. The van der Waals surface area contributed by atoms with Crippen LogP contribution in [0.15, 0.2) is 52.2 Å². The van der Waals surface area contributed by atoms with Crippen LogP contribution in [0, 0.1) is 0 Å². The number of amides is 1. The Morgan fingerprint density at radius 3 is 2.59 bits per heavy atom. The molecule has 1 saturated heterocycles. The van der Waals surface area contributed by atoms with Gasteiger partial charge in [0.05, 0.1) is 11.4 Å². The summed E-state index contributed by atoms with van der Waals surface area (Å²) in [6, 6.07) is 6.85. The molecule has 3 heterocycles. The molecular weight excluding hydrogens is 443 g/mol. The molecule has 1 aliphatic rings. The van der Waals surface area contributed by atoms with E-state index in [2.05, 4.69) is 15.0 Å². The molecule has 1 aromatic carbocycles. The molecule has 1 amide bonds. The molecule has 29 heavy (non-hydrogen) atoms. The summed E-state index contributed by atoms with van der Waals surface area (Å²) in [7, 11) is 0. The molecule has 0 unspecified atom stereocenters. The summed E-state index contributed by atoms with van der Waals surface area (Å²) in [6.07, 6.45) is -3.20. The molecule has 11 heteroatoms. The zero-order valence-corrected chi connectivity index (χ0v) is 16.7. The fourth-order valence-electron chi connectivity index (χ4n) is 2.59. The molecule has 0 spiro atoms. The summed E-state index contributed by atoms with van der Waals surface area (Å²) in [5, 5.41) is 9.55. The summed E-state index contributed by atoms with van der Waals surface area (Å²) in [6.45, 7) is 0. The predicted octanol–water partition coefficient (Wildman–Crippen LogP) is 5.03. The Morgan fingerprint density at radius 2 is 1.93 bits per heavy atom. The average Bonchev–Trinajstić information content (AvgIpc) is 3.37. The van der Waals surface area contributed by atoms with Gasteiger partial charge >= 0.3 is 6.36 Å². The highest BCUT2D eigenvalue weighted by molar-refractivity contribution is 7.80. The van der Waals surface area contributed by atoms with Gasteiger partial charge in [0, 0.05) is 16.3 Å². The Bertz CT molecular complexity index is 1090. The lowest BCUT2D eigenvalue weighted by Crippen LogP contribution is -2.30. The summed E-state index contributed by atoms with van der Waals surface area (Å²) >= 11 is 8.23. The SMILES string of the molecule is O=C1/C(=C\c2csc(-c3ccsc3)n2)NC(=S)N1c1ccc(OC(F)(F)F)cc1. The van der Waals surface area contributed by atoms with Gasteiger partial charge in [0.1, 0.15) is 16.5 Å². The molecule has 148 valence electrons. The van der Waals surface area contributed by atoms with E-state index in [1.807, 2.05) is 22.2 Å². The zero-order valence-electron chi connectivity index (χ0n) is 14.3. The van der Waals surface area contributed by atoms with Gasteiger partial charge < -0.3 is 10.1 Å². The highest BCUT2D eigenvalue weighted by Gasteiger charge is 2.33. The zero-order chi connectivity index (χ0) is 20.6. The van der Waals surface area contributed by atoms with Crippen molar-refractivity contribution in [2.75, 3.05) is 4.90 Å². The number of thiocarbonyl (C=S) groups is 1. The number of ether oxygens (including phenoxy) is 1. The second-order valence-corrected chi connectivity index (χ2v) is 7.78. The number of aromatic nitrogens is 1. The average molecular weight is 453 g/mol. The Labute approximate surface area is 176 Å². The van der Waals surface area contributed by atoms with E-state index in [-0.39, 0.29) is 16.6 Å². The number of thiazole rings is 1. The van der Waals surface area contributed by atoms with E-state index < -0.39 is 12.3 Å². The van der Waals surface area contributed by atoms with Crippen LogP contribution in [0.1, 0.15) is 5.69 Å². The molecule has 0 bridgehead atoms. The first-order valence-corrected chi connectivity index (χ1v) is 10.2. The lowest BCUT2D eigenvalue weighted by Gasteiger charge is -2.15. The lowest BCUT2D eigenvalue weighted by molar-refractivity contribution is -0.274. The Balaban J connectivity index is 1.54. The van der Waals surface area contributed by atoms with Gasteiger partial charge in [-0.15, -0.1) is 24.5 Å². The van der Waals surface area contributed by atoms with Crippen molar-refractivity contribution in [2.24, 2.45) is 0 Å². The van der Waals surface area contributed by atoms with E-state index in [1.165, 1.54) is 28.4 Å².